The first-order valence-electron chi connectivity index (χ1n) is 9.69. The summed E-state index contributed by atoms with van der Waals surface area (Å²) in [5.41, 5.74) is 1.85. The number of benzene rings is 2. The molecule has 0 saturated heterocycles. The first-order chi connectivity index (χ1) is 14.1. The molecule has 9 heteroatoms. The summed E-state index contributed by atoms with van der Waals surface area (Å²) >= 11 is 0. The van der Waals surface area contributed by atoms with Gasteiger partial charge in [-0.1, -0.05) is 49.7 Å². The van der Waals surface area contributed by atoms with Gasteiger partial charge in [-0.05, 0) is 31.4 Å². The van der Waals surface area contributed by atoms with Gasteiger partial charge in [-0.3, -0.25) is 19.2 Å². The molecule has 8 nitrogen and oxygen atoms in total. The van der Waals surface area contributed by atoms with Crippen molar-refractivity contribution in [3.05, 3.63) is 69.8 Å². The number of nitrogens with one attached hydrogen (secondary N) is 1. The van der Waals surface area contributed by atoms with E-state index in [0.717, 1.165) is 27.8 Å². The van der Waals surface area contributed by atoms with Gasteiger partial charge in [0.25, 0.3) is 5.69 Å². The lowest BCUT2D eigenvalue weighted by molar-refractivity contribution is -0.384. The third kappa shape index (κ3) is 5.56. The van der Waals surface area contributed by atoms with Crippen LogP contribution in [0, 0.1) is 17.0 Å². The van der Waals surface area contributed by atoms with Crippen LogP contribution >= 0.6 is 0 Å². The summed E-state index contributed by atoms with van der Waals surface area (Å²) in [5.74, 6) is -0.457. The lowest BCUT2D eigenvalue weighted by atomic mass is 10.0. The van der Waals surface area contributed by atoms with E-state index in [1.54, 1.807) is 6.92 Å². The number of amides is 1. The predicted molar refractivity (Wildman–Crippen MR) is 117 cm³/mol. The average Bonchev–Trinajstić information content (AvgIpc) is 2.69. The highest BCUT2D eigenvalue weighted by Crippen LogP contribution is 2.27. The number of carbonyl (C=O) groups excluding carboxylic acids is 1. The van der Waals surface area contributed by atoms with Crippen LogP contribution < -0.4 is 9.62 Å². The topological polar surface area (TPSA) is 110 Å². The van der Waals surface area contributed by atoms with Crippen LogP contribution in [0.1, 0.15) is 43.9 Å². The Morgan fingerprint density at radius 2 is 1.77 bits per heavy atom. The Bertz CT molecular complexity index is 1010. The molecule has 1 N–H and O–H groups in total. The third-order valence-corrected chi connectivity index (χ3v) is 6.01. The lowest BCUT2D eigenvalue weighted by Crippen LogP contribution is -2.50. The normalized spacial score (nSPS) is 13.3. The Morgan fingerprint density at radius 1 is 1.13 bits per heavy atom. The maximum Gasteiger partial charge on any atom is 0.271 e. The molecule has 2 unspecified atom stereocenters. The van der Waals surface area contributed by atoms with E-state index in [9.17, 15) is 23.3 Å². The highest BCUT2D eigenvalue weighted by molar-refractivity contribution is 7.92. The van der Waals surface area contributed by atoms with Gasteiger partial charge < -0.3 is 5.32 Å². The minimum absolute atomic E-state index is 0.0806. The Hall–Kier alpha value is -2.94. The molecule has 2 atom stereocenters. The number of nitro benzene ring substituents is 1. The van der Waals surface area contributed by atoms with Gasteiger partial charge in [0.2, 0.25) is 15.9 Å². The van der Waals surface area contributed by atoms with Crippen LogP contribution in [-0.4, -0.2) is 31.5 Å². The van der Waals surface area contributed by atoms with Crippen molar-refractivity contribution >= 4 is 27.3 Å². The van der Waals surface area contributed by atoms with Gasteiger partial charge >= 0.3 is 0 Å². The van der Waals surface area contributed by atoms with Crippen molar-refractivity contribution in [3.8, 4) is 0 Å². The molecule has 0 bridgehead atoms. The average molecular weight is 434 g/mol. The number of sulfonamides is 1. The van der Waals surface area contributed by atoms with E-state index in [2.05, 4.69) is 5.32 Å². The van der Waals surface area contributed by atoms with Gasteiger partial charge in [-0.25, -0.2) is 8.42 Å². The van der Waals surface area contributed by atoms with Gasteiger partial charge in [-0.15, -0.1) is 0 Å². The summed E-state index contributed by atoms with van der Waals surface area (Å²) in [7, 11) is -3.88. The summed E-state index contributed by atoms with van der Waals surface area (Å²) in [5, 5.41) is 14.1. The molecule has 0 spiro atoms. The van der Waals surface area contributed by atoms with E-state index in [-0.39, 0.29) is 23.8 Å². The van der Waals surface area contributed by atoms with Crippen LogP contribution in [0.4, 0.5) is 11.4 Å². The van der Waals surface area contributed by atoms with Crippen molar-refractivity contribution in [2.75, 3.05) is 10.6 Å². The smallest absolute Gasteiger partial charge is 0.271 e. The number of nitro groups is 1. The lowest BCUT2D eigenvalue weighted by Gasteiger charge is -2.31. The van der Waals surface area contributed by atoms with Gasteiger partial charge in [-0.2, -0.15) is 0 Å². The SMILES string of the molecule is CCC(NC(=O)C(CC)N(c1cccc([N+](=O)[O-])c1)S(C)(=O)=O)c1ccc(C)cc1. The zero-order valence-corrected chi connectivity index (χ0v) is 18.3. The molecular weight excluding hydrogens is 406 g/mol. The molecule has 1 amide bonds. The number of hydrogen-bond donors (Lipinski definition) is 1. The molecule has 30 heavy (non-hydrogen) atoms. The van der Waals surface area contributed by atoms with E-state index in [4.69, 9.17) is 0 Å². The number of carbonyl (C=O) groups is 1. The number of hydrogen-bond acceptors (Lipinski definition) is 5. The quantitative estimate of drug-likeness (QED) is 0.479. The first kappa shape index (κ1) is 23.3. The molecule has 0 aliphatic carbocycles. The maximum absolute atomic E-state index is 13.1. The third-order valence-electron chi connectivity index (χ3n) is 4.83. The van der Waals surface area contributed by atoms with Crippen molar-refractivity contribution in [3.63, 3.8) is 0 Å². The molecule has 2 aromatic rings. The molecule has 0 saturated carbocycles. The second kappa shape index (κ2) is 9.71. The van der Waals surface area contributed by atoms with Gasteiger partial charge in [0.15, 0.2) is 0 Å². The number of anilines is 1. The second-order valence-corrected chi connectivity index (χ2v) is 9.00. The molecule has 2 rings (SSSR count). The molecule has 0 heterocycles. The molecule has 2 aromatic carbocycles. The van der Waals surface area contributed by atoms with Crippen LogP contribution in [0.5, 0.6) is 0 Å². The summed E-state index contributed by atoms with van der Waals surface area (Å²) < 4.78 is 26.1. The van der Waals surface area contributed by atoms with Gasteiger partial charge in [0.1, 0.15) is 6.04 Å². The Labute approximate surface area is 177 Å². The van der Waals surface area contributed by atoms with Crippen molar-refractivity contribution < 1.29 is 18.1 Å². The molecule has 0 aliphatic rings. The second-order valence-electron chi connectivity index (χ2n) is 7.14. The van der Waals surface area contributed by atoms with Crippen LogP contribution in [0.2, 0.25) is 0 Å². The fourth-order valence-corrected chi connectivity index (χ4v) is 4.50. The minimum atomic E-state index is -3.88. The summed E-state index contributed by atoms with van der Waals surface area (Å²) in [6, 6.07) is 11.7. The van der Waals surface area contributed by atoms with Crippen molar-refractivity contribution in [2.45, 2.75) is 45.7 Å². The van der Waals surface area contributed by atoms with Crippen molar-refractivity contribution in [1.29, 1.82) is 0 Å². The largest absolute Gasteiger partial charge is 0.347 e. The van der Waals surface area contributed by atoms with Crippen LogP contribution in [0.3, 0.4) is 0 Å². The van der Waals surface area contributed by atoms with Crippen LogP contribution in [0.25, 0.3) is 0 Å². The highest BCUT2D eigenvalue weighted by atomic mass is 32.2. The Balaban J connectivity index is 2.39. The Kier molecular flexibility index (Phi) is 7.55. The summed E-state index contributed by atoms with van der Waals surface area (Å²) in [4.78, 5) is 23.6. The molecule has 0 fully saturated rings. The standard InChI is InChI=1S/C21H27N3O5S/c1-5-19(16-12-10-15(3)11-13-16)22-21(25)20(6-2)23(30(4,28)29)17-8-7-9-18(14-17)24(26)27/h7-14,19-20H,5-6H2,1-4H3,(H,22,25). The minimum Gasteiger partial charge on any atom is -0.347 e. The Morgan fingerprint density at radius 3 is 2.27 bits per heavy atom. The maximum atomic E-state index is 13.1. The molecular formula is C21H27N3O5S. The monoisotopic (exact) mass is 433 g/mol. The van der Waals surface area contributed by atoms with Crippen molar-refractivity contribution in [1.82, 2.24) is 5.32 Å². The number of aryl methyl sites for hydroxylation is 1. The fraction of sp³-hybridized carbons (Fsp3) is 0.381. The summed E-state index contributed by atoms with van der Waals surface area (Å²) in [6.07, 6.45) is 1.81. The molecule has 162 valence electrons. The fourth-order valence-electron chi connectivity index (χ4n) is 3.29. The van der Waals surface area contributed by atoms with Crippen LogP contribution in [0.15, 0.2) is 48.5 Å². The summed E-state index contributed by atoms with van der Waals surface area (Å²) in [6.45, 7) is 5.60. The zero-order chi connectivity index (χ0) is 22.5. The van der Waals surface area contributed by atoms with E-state index in [0.29, 0.717) is 6.42 Å². The zero-order valence-electron chi connectivity index (χ0n) is 17.5. The molecule has 0 aromatic heterocycles. The highest BCUT2D eigenvalue weighted by Gasteiger charge is 2.33. The number of rotatable bonds is 9. The van der Waals surface area contributed by atoms with E-state index < -0.39 is 26.9 Å². The number of nitrogens with zero attached hydrogens (tertiary/aromatic N) is 2. The number of non-ortho nitro benzene ring substituents is 1. The van der Waals surface area contributed by atoms with E-state index in [1.165, 1.54) is 18.2 Å². The van der Waals surface area contributed by atoms with Crippen molar-refractivity contribution in [2.24, 2.45) is 0 Å². The van der Waals surface area contributed by atoms with E-state index in [1.807, 2.05) is 38.1 Å². The van der Waals surface area contributed by atoms with Gasteiger partial charge in [0.05, 0.1) is 22.9 Å². The molecule has 0 radical (unpaired) electrons. The first-order valence-corrected chi connectivity index (χ1v) is 11.5. The van der Waals surface area contributed by atoms with Gasteiger partial charge in [0, 0.05) is 12.1 Å². The van der Waals surface area contributed by atoms with Crippen LogP contribution in [-0.2, 0) is 14.8 Å². The van der Waals surface area contributed by atoms with E-state index >= 15 is 0 Å². The molecule has 0 aliphatic heterocycles. The predicted octanol–water partition coefficient (Wildman–Crippen LogP) is 3.72.